The monoisotopic (exact) mass is 353 g/mol. The fraction of sp³-hybridized carbons (Fsp3) is 0.950. The molecule has 1 saturated carbocycles. The van der Waals surface area contributed by atoms with Gasteiger partial charge >= 0.3 is 0 Å². The van der Waals surface area contributed by atoms with E-state index in [0.29, 0.717) is 11.5 Å². The van der Waals surface area contributed by atoms with E-state index in [0.717, 1.165) is 64.1 Å². The Labute approximate surface area is 154 Å². The van der Waals surface area contributed by atoms with E-state index in [2.05, 4.69) is 29.5 Å². The molecule has 146 valence electrons. The molecule has 2 aliphatic rings. The molecule has 1 aliphatic heterocycles. The molecule has 2 N–H and O–H groups in total. The Morgan fingerprint density at radius 3 is 2.56 bits per heavy atom. The van der Waals surface area contributed by atoms with Crippen LogP contribution < -0.4 is 10.6 Å². The Morgan fingerprint density at radius 1 is 1.20 bits per heavy atom. The molecular weight excluding hydrogens is 314 g/mol. The second kappa shape index (κ2) is 11.0. The van der Waals surface area contributed by atoms with Crippen LogP contribution in [0.1, 0.15) is 65.2 Å². The maximum Gasteiger partial charge on any atom is 0.190 e. The highest BCUT2D eigenvalue weighted by atomic mass is 16.5. The van der Waals surface area contributed by atoms with Crippen LogP contribution in [0.3, 0.4) is 0 Å². The normalized spacial score (nSPS) is 21.7. The summed E-state index contributed by atoms with van der Waals surface area (Å²) in [7, 11) is 1.86. The van der Waals surface area contributed by atoms with Crippen molar-refractivity contribution in [2.24, 2.45) is 16.3 Å². The zero-order valence-electron chi connectivity index (χ0n) is 16.6. The van der Waals surface area contributed by atoms with E-state index in [4.69, 9.17) is 9.47 Å². The third-order valence-electron chi connectivity index (χ3n) is 5.50. The number of nitrogens with one attached hydrogen (secondary N) is 2. The molecule has 0 atom stereocenters. The third-order valence-corrected chi connectivity index (χ3v) is 5.50. The van der Waals surface area contributed by atoms with Crippen molar-refractivity contribution in [2.75, 3.05) is 40.0 Å². The molecule has 0 aromatic carbocycles. The maximum atomic E-state index is 5.92. The molecular formula is C20H39N3O2. The SMILES string of the molecule is CN=C(NCCCOC1CCOCC1)NCC1(CC(C)C)CCCC1. The lowest BCUT2D eigenvalue weighted by Gasteiger charge is -2.32. The van der Waals surface area contributed by atoms with Gasteiger partial charge in [0.2, 0.25) is 0 Å². The Bertz CT molecular complexity index is 386. The molecule has 5 nitrogen and oxygen atoms in total. The lowest BCUT2D eigenvalue weighted by atomic mass is 9.78. The summed E-state index contributed by atoms with van der Waals surface area (Å²) in [6.45, 7) is 9.13. The standard InChI is InChI=1S/C20H39N3O2/c1-17(2)15-20(9-4-5-10-20)16-23-19(21-3)22-11-6-12-25-18-7-13-24-14-8-18/h17-18H,4-16H2,1-3H3,(H2,21,22,23). The first-order chi connectivity index (χ1) is 12.1. The Kier molecular flexibility index (Phi) is 9.04. The van der Waals surface area contributed by atoms with Crippen LogP contribution >= 0.6 is 0 Å². The van der Waals surface area contributed by atoms with Crippen LogP contribution in [0, 0.1) is 11.3 Å². The van der Waals surface area contributed by atoms with Crippen LogP contribution in [0.2, 0.25) is 0 Å². The summed E-state index contributed by atoms with van der Waals surface area (Å²) in [6, 6.07) is 0. The second-order valence-corrected chi connectivity index (χ2v) is 8.19. The molecule has 2 fully saturated rings. The number of nitrogens with zero attached hydrogens (tertiary/aromatic N) is 1. The van der Waals surface area contributed by atoms with Crippen molar-refractivity contribution in [3.8, 4) is 0 Å². The highest BCUT2D eigenvalue weighted by molar-refractivity contribution is 5.79. The number of hydrogen-bond donors (Lipinski definition) is 2. The van der Waals surface area contributed by atoms with Gasteiger partial charge in [-0.15, -0.1) is 0 Å². The topological polar surface area (TPSA) is 54.9 Å². The molecule has 0 spiro atoms. The number of ether oxygens (including phenoxy) is 2. The third kappa shape index (κ3) is 7.53. The van der Waals surface area contributed by atoms with Crippen molar-refractivity contribution in [1.82, 2.24) is 10.6 Å². The van der Waals surface area contributed by atoms with Gasteiger partial charge in [0, 0.05) is 40.0 Å². The number of rotatable bonds is 9. The average molecular weight is 354 g/mol. The molecule has 5 heteroatoms. The van der Waals surface area contributed by atoms with E-state index in [1.165, 1.54) is 32.1 Å². The van der Waals surface area contributed by atoms with Gasteiger partial charge in [-0.2, -0.15) is 0 Å². The molecule has 1 saturated heterocycles. The van der Waals surface area contributed by atoms with Gasteiger partial charge in [-0.05, 0) is 49.9 Å². The average Bonchev–Trinajstić information content (AvgIpc) is 3.06. The van der Waals surface area contributed by atoms with E-state index in [1.807, 2.05) is 7.05 Å². The first-order valence-electron chi connectivity index (χ1n) is 10.3. The molecule has 0 aromatic heterocycles. The molecule has 0 bridgehead atoms. The molecule has 2 rings (SSSR count). The predicted molar refractivity (Wildman–Crippen MR) is 104 cm³/mol. The minimum Gasteiger partial charge on any atom is -0.381 e. The highest BCUT2D eigenvalue weighted by Crippen LogP contribution is 2.42. The minimum atomic E-state index is 0.393. The van der Waals surface area contributed by atoms with Crippen molar-refractivity contribution >= 4 is 5.96 Å². The van der Waals surface area contributed by atoms with Gasteiger partial charge in [-0.1, -0.05) is 26.7 Å². The second-order valence-electron chi connectivity index (χ2n) is 8.19. The zero-order valence-corrected chi connectivity index (χ0v) is 16.6. The van der Waals surface area contributed by atoms with Crippen molar-refractivity contribution in [2.45, 2.75) is 71.3 Å². The van der Waals surface area contributed by atoms with Crippen molar-refractivity contribution in [1.29, 1.82) is 0 Å². The van der Waals surface area contributed by atoms with Gasteiger partial charge in [0.15, 0.2) is 5.96 Å². The molecule has 1 heterocycles. The van der Waals surface area contributed by atoms with Crippen molar-refractivity contribution in [3.63, 3.8) is 0 Å². The van der Waals surface area contributed by atoms with Gasteiger partial charge < -0.3 is 20.1 Å². The van der Waals surface area contributed by atoms with Gasteiger partial charge in [-0.3, -0.25) is 4.99 Å². The smallest absolute Gasteiger partial charge is 0.190 e. The molecule has 0 aromatic rings. The molecule has 25 heavy (non-hydrogen) atoms. The quantitative estimate of drug-likeness (QED) is 0.379. The summed E-state index contributed by atoms with van der Waals surface area (Å²) in [4.78, 5) is 4.38. The predicted octanol–water partition coefficient (Wildman–Crippen LogP) is 3.34. The van der Waals surface area contributed by atoms with E-state index in [9.17, 15) is 0 Å². The first kappa shape index (κ1) is 20.5. The van der Waals surface area contributed by atoms with Crippen molar-refractivity contribution in [3.05, 3.63) is 0 Å². The van der Waals surface area contributed by atoms with E-state index >= 15 is 0 Å². The summed E-state index contributed by atoms with van der Waals surface area (Å²) in [5.74, 6) is 1.69. The van der Waals surface area contributed by atoms with Gasteiger partial charge in [-0.25, -0.2) is 0 Å². The Morgan fingerprint density at radius 2 is 1.92 bits per heavy atom. The maximum absolute atomic E-state index is 5.92. The van der Waals surface area contributed by atoms with E-state index < -0.39 is 0 Å². The number of guanidine groups is 1. The molecule has 1 aliphatic carbocycles. The van der Waals surface area contributed by atoms with Gasteiger partial charge in [0.05, 0.1) is 6.10 Å². The zero-order chi connectivity index (χ0) is 18.0. The van der Waals surface area contributed by atoms with Crippen LogP contribution in [0.5, 0.6) is 0 Å². The van der Waals surface area contributed by atoms with Crippen LogP contribution in [0.15, 0.2) is 4.99 Å². The fourth-order valence-corrected chi connectivity index (χ4v) is 4.31. The number of hydrogen-bond acceptors (Lipinski definition) is 3. The van der Waals surface area contributed by atoms with Crippen LogP contribution in [0.4, 0.5) is 0 Å². The Balaban J connectivity index is 1.61. The summed E-state index contributed by atoms with van der Waals surface area (Å²) in [5, 5.41) is 7.02. The summed E-state index contributed by atoms with van der Waals surface area (Å²) in [5.41, 5.74) is 0.470. The molecule has 0 unspecified atom stereocenters. The van der Waals surface area contributed by atoms with E-state index in [1.54, 1.807) is 0 Å². The van der Waals surface area contributed by atoms with Crippen LogP contribution in [-0.2, 0) is 9.47 Å². The van der Waals surface area contributed by atoms with E-state index in [-0.39, 0.29) is 0 Å². The minimum absolute atomic E-state index is 0.393. The van der Waals surface area contributed by atoms with Gasteiger partial charge in [0.1, 0.15) is 0 Å². The van der Waals surface area contributed by atoms with Crippen molar-refractivity contribution < 1.29 is 9.47 Å². The lowest BCUT2D eigenvalue weighted by Crippen LogP contribution is -2.43. The summed E-state index contributed by atoms with van der Waals surface area (Å²) < 4.78 is 11.3. The Hall–Kier alpha value is -0.810. The first-order valence-corrected chi connectivity index (χ1v) is 10.3. The lowest BCUT2D eigenvalue weighted by molar-refractivity contribution is -0.0320. The van der Waals surface area contributed by atoms with Gasteiger partial charge in [0.25, 0.3) is 0 Å². The van der Waals surface area contributed by atoms with Crippen LogP contribution in [0.25, 0.3) is 0 Å². The van der Waals surface area contributed by atoms with Crippen LogP contribution in [-0.4, -0.2) is 52.0 Å². The number of aliphatic imine (C=N–C) groups is 1. The molecule has 0 radical (unpaired) electrons. The molecule has 0 amide bonds. The largest absolute Gasteiger partial charge is 0.381 e. The highest BCUT2D eigenvalue weighted by Gasteiger charge is 2.34. The summed E-state index contributed by atoms with van der Waals surface area (Å²) in [6.07, 6.45) is 10.3. The fourth-order valence-electron chi connectivity index (χ4n) is 4.31. The summed E-state index contributed by atoms with van der Waals surface area (Å²) >= 11 is 0.